The zero-order valence-electron chi connectivity index (χ0n) is 21.6. The van der Waals surface area contributed by atoms with Crippen LogP contribution in [0.25, 0.3) is 66.1 Å². The summed E-state index contributed by atoms with van der Waals surface area (Å²) in [5.74, 6) is 0. The van der Waals surface area contributed by atoms with Crippen molar-refractivity contribution >= 4 is 43.6 Å². The summed E-state index contributed by atoms with van der Waals surface area (Å²) >= 11 is 0. The highest BCUT2D eigenvalue weighted by atomic mass is 15.0. The van der Waals surface area contributed by atoms with E-state index in [-0.39, 0.29) is 0 Å². The van der Waals surface area contributed by atoms with Crippen LogP contribution in [0.15, 0.2) is 140 Å². The molecule has 8 aromatic rings. The number of para-hydroxylation sites is 5. The lowest BCUT2D eigenvalue weighted by Crippen LogP contribution is -1.98. The highest BCUT2D eigenvalue weighted by molar-refractivity contribution is 6.19. The minimum atomic E-state index is 0.655. The maximum absolute atomic E-state index is 9.42. The summed E-state index contributed by atoms with van der Waals surface area (Å²) in [6.07, 6.45) is 0. The molecule has 3 nitrogen and oxygen atoms in total. The predicted octanol–water partition coefficient (Wildman–Crippen LogP) is 9.42. The number of nitriles is 1. The predicted molar refractivity (Wildman–Crippen MR) is 165 cm³/mol. The van der Waals surface area contributed by atoms with Gasteiger partial charge in [0.15, 0.2) is 0 Å². The third-order valence-corrected chi connectivity index (χ3v) is 7.95. The zero-order valence-corrected chi connectivity index (χ0v) is 21.6. The van der Waals surface area contributed by atoms with Crippen molar-refractivity contribution in [1.29, 1.82) is 5.26 Å². The molecule has 0 aliphatic heterocycles. The molecule has 0 radical (unpaired) electrons. The quantitative estimate of drug-likeness (QED) is 0.233. The normalized spacial score (nSPS) is 11.5. The molecule has 186 valence electrons. The van der Waals surface area contributed by atoms with Gasteiger partial charge in [-0.1, -0.05) is 91.0 Å². The second-order valence-corrected chi connectivity index (χ2v) is 10.1. The molecule has 0 aliphatic carbocycles. The topological polar surface area (TPSA) is 33.6 Å². The molecule has 0 spiro atoms. The first-order valence-corrected chi connectivity index (χ1v) is 13.4. The molecular weight excluding hydrogens is 486 g/mol. The molecule has 0 amide bonds. The molecule has 0 aliphatic rings. The van der Waals surface area contributed by atoms with Crippen LogP contribution in [0.4, 0.5) is 0 Å². The standard InChI is InChI=1S/C37H23N3/c38-24-25-20-22-27(23-21-25)40-35-19-7-5-13-29(35)31-15-9-17-33(37(31)40)32-16-8-14-30-28-12-4-6-18-34(28)39(36(30)32)26-10-2-1-3-11-26/h1-23H. The lowest BCUT2D eigenvalue weighted by Gasteiger charge is -2.15. The van der Waals surface area contributed by atoms with Crippen LogP contribution in [0.5, 0.6) is 0 Å². The third kappa shape index (κ3) is 3.17. The van der Waals surface area contributed by atoms with Crippen molar-refractivity contribution in [2.45, 2.75) is 0 Å². The first-order valence-electron chi connectivity index (χ1n) is 13.4. The number of hydrogen-bond acceptors (Lipinski definition) is 1. The number of benzene rings is 6. The molecule has 0 bridgehead atoms. The Morgan fingerprint density at radius 2 is 0.850 bits per heavy atom. The summed E-state index contributed by atoms with van der Waals surface area (Å²) in [6.45, 7) is 0. The molecule has 6 aromatic carbocycles. The molecular formula is C37H23N3. The molecule has 40 heavy (non-hydrogen) atoms. The minimum absolute atomic E-state index is 0.655. The Balaban J connectivity index is 1.55. The minimum Gasteiger partial charge on any atom is -0.309 e. The van der Waals surface area contributed by atoms with E-state index in [0.29, 0.717) is 5.56 Å². The van der Waals surface area contributed by atoms with Gasteiger partial charge in [0.05, 0.1) is 33.7 Å². The van der Waals surface area contributed by atoms with E-state index in [0.717, 1.165) is 22.4 Å². The van der Waals surface area contributed by atoms with E-state index in [1.165, 1.54) is 43.7 Å². The highest BCUT2D eigenvalue weighted by Crippen LogP contribution is 2.43. The summed E-state index contributed by atoms with van der Waals surface area (Å²) in [5, 5.41) is 14.3. The van der Waals surface area contributed by atoms with E-state index in [2.05, 4.69) is 130 Å². The number of rotatable bonds is 3. The molecule has 0 fully saturated rings. The highest BCUT2D eigenvalue weighted by Gasteiger charge is 2.20. The fourth-order valence-electron chi connectivity index (χ4n) is 6.27. The van der Waals surface area contributed by atoms with Crippen LogP contribution in [0.1, 0.15) is 5.56 Å². The molecule has 3 heteroatoms. The monoisotopic (exact) mass is 509 g/mol. The number of nitrogens with zero attached hydrogens (tertiary/aromatic N) is 3. The van der Waals surface area contributed by atoms with Gasteiger partial charge in [-0.05, 0) is 48.5 Å². The lowest BCUT2D eigenvalue weighted by molar-refractivity contribution is 1.17. The van der Waals surface area contributed by atoms with Crippen molar-refractivity contribution in [1.82, 2.24) is 9.13 Å². The number of fused-ring (bicyclic) bond motifs is 6. The molecule has 0 saturated carbocycles. The fourth-order valence-corrected chi connectivity index (χ4v) is 6.27. The van der Waals surface area contributed by atoms with Gasteiger partial charge in [-0.15, -0.1) is 0 Å². The molecule has 0 N–H and O–H groups in total. The van der Waals surface area contributed by atoms with Gasteiger partial charge in [-0.2, -0.15) is 5.26 Å². The molecule has 2 aromatic heterocycles. The maximum Gasteiger partial charge on any atom is 0.0991 e. The van der Waals surface area contributed by atoms with E-state index < -0.39 is 0 Å². The van der Waals surface area contributed by atoms with Crippen molar-refractivity contribution in [3.8, 4) is 28.6 Å². The third-order valence-electron chi connectivity index (χ3n) is 7.95. The number of aromatic nitrogens is 2. The molecule has 8 rings (SSSR count). The fraction of sp³-hybridized carbons (Fsp3) is 0. The second kappa shape index (κ2) is 8.73. The average Bonchev–Trinajstić information content (AvgIpc) is 3.55. The van der Waals surface area contributed by atoms with E-state index in [4.69, 9.17) is 0 Å². The van der Waals surface area contributed by atoms with Gasteiger partial charge in [0.2, 0.25) is 0 Å². The molecule has 0 unspecified atom stereocenters. The van der Waals surface area contributed by atoms with Crippen LogP contribution >= 0.6 is 0 Å². The Labute approximate surface area is 231 Å². The van der Waals surface area contributed by atoms with E-state index >= 15 is 0 Å². The van der Waals surface area contributed by atoms with E-state index in [1.54, 1.807) is 0 Å². The smallest absolute Gasteiger partial charge is 0.0991 e. The Bertz CT molecular complexity index is 2260. The van der Waals surface area contributed by atoms with Gasteiger partial charge >= 0.3 is 0 Å². The zero-order chi connectivity index (χ0) is 26.6. The van der Waals surface area contributed by atoms with Crippen LogP contribution in [0.3, 0.4) is 0 Å². The van der Waals surface area contributed by atoms with Crippen molar-refractivity contribution in [3.63, 3.8) is 0 Å². The van der Waals surface area contributed by atoms with Gasteiger partial charge in [0.1, 0.15) is 0 Å². The summed E-state index contributed by atoms with van der Waals surface area (Å²) in [6, 6.07) is 51.3. The summed E-state index contributed by atoms with van der Waals surface area (Å²) in [4.78, 5) is 0. The van der Waals surface area contributed by atoms with Gasteiger partial charge in [0, 0.05) is 44.0 Å². The largest absolute Gasteiger partial charge is 0.309 e. The second-order valence-electron chi connectivity index (χ2n) is 10.1. The first-order chi connectivity index (χ1) is 19.8. The molecule has 0 atom stereocenters. The van der Waals surface area contributed by atoms with Crippen LogP contribution in [-0.4, -0.2) is 9.13 Å². The summed E-state index contributed by atoms with van der Waals surface area (Å²) in [5.41, 5.74) is 9.87. The van der Waals surface area contributed by atoms with Crippen molar-refractivity contribution in [3.05, 3.63) is 145 Å². The van der Waals surface area contributed by atoms with Crippen LogP contribution in [0.2, 0.25) is 0 Å². The van der Waals surface area contributed by atoms with Crippen LogP contribution < -0.4 is 0 Å². The summed E-state index contributed by atoms with van der Waals surface area (Å²) < 4.78 is 4.74. The van der Waals surface area contributed by atoms with Crippen molar-refractivity contribution in [2.24, 2.45) is 0 Å². The Morgan fingerprint density at radius 1 is 0.400 bits per heavy atom. The van der Waals surface area contributed by atoms with Gasteiger partial charge in [-0.25, -0.2) is 0 Å². The van der Waals surface area contributed by atoms with Crippen LogP contribution in [0, 0.1) is 11.3 Å². The van der Waals surface area contributed by atoms with Gasteiger partial charge in [0.25, 0.3) is 0 Å². The van der Waals surface area contributed by atoms with Crippen molar-refractivity contribution in [2.75, 3.05) is 0 Å². The summed E-state index contributed by atoms with van der Waals surface area (Å²) in [7, 11) is 0. The lowest BCUT2D eigenvalue weighted by atomic mass is 9.99. The van der Waals surface area contributed by atoms with Gasteiger partial charge < -0.3 is 9.13 Å². The molecule has 2 heterocycles. The Hall–Kier alpha value is -5.59. The Kier molecular flexibility index (Phi) is 4.89. The SMILES string of the molecule is N#Cc1ccc(-n2c3ccccc3c3cccc(-c4cccc5c6ccccc6n(-c6ccccc6)c45)c32)cc1. The molecule has 0 saturated heterocycles. The Morgan fingerprint density at radius 3 is 1.38 bits per heavy atom. The number of hydrogen-bond donors (Lipinski definition) is 0. The van der Waals surface area contributed by atoms with Gasteiger partial charge in [-0.3, -0.25) is 0 Å². The van der Waals surface area contributed by atoms with E-state index in [1.807, 2.05) is 24.3 Å². The van der Waals surface area contributed by atoms with Crippen LogP contribution in [-0.2, 0) is 0 Å². The first kappa shape index (κ1) is 22.4. The maximum atomic E-state index is 9.42. The van der Waals surface area contributed by atoms with E-state index in [9.17, 15) is 5.26 Å². The average molecular weight is 510 g/mol. The van der Waals surface area contributed by atoms with Crippen molar-refractivity contribution < 1.29 is 0 Å².